The summed E-state index contributed by atoms with van der Waals surface area (Å²) in [5, 5.41) is 12.2. The zero-order valence-corrected chi connectivity index (χ0v) is 9.59. The highest BCUT2D eigenvalue weighted by atomic mass is 15.0. The van der Waals surface area contributed by atoms with Gasteiger partial charge >= 0.3 is 0 Å². The molecule has 0 unspecified atom stereocenters. The van der Waals surface area contributed by atoms with Crippen molar-refractivity contribution in [3.05, 3.63) is 23.8 Å². The Morgan fingerprint density at radius 1 is 1.50 bits per heavy atom. The van der Waals surface area contributed by atoms with Gasteiger partial charge in [-0.05, 0) is 49.9 Å². The van der Waals surface area contributed by atoms with E-state index in [9.17, 15) is 0 Å². The van der Waals surface area contributed by atoms with Gasteiger partial charge < -0.3 is 11.1 Å². The van der Waals surface area contributed by atoms with E-state index >= 15 is 0 Å². The minimum absolute atomic E-state index is 0.236. The van der Waals surface area contributed by atoms with Gasteiger partial charge in [0.25, 0.3) is 0 Å². The molecule has 1 aliphatic carbocycles. The van der Waals surface area contributed by atoms with Crippen molar-refractivity contribution < 1.29 is 0 Å². The first-order valence-electron chi connectivity index (χ1n) is 5.66. The number of nitriles is 1. The number of nitrogens with two attached hydrogens (primary N) is 1. The highest BCUT2D eigenvalue weighted by molar-refractivity contribution is 5.59. The summed E-state index contributed by atoms with van der Waals surface area (Å²) in [6.07, 6.45) is 4.09. The largest absolute Gasteiger partial charge is 0.398 e. The Morgan fingerprint density at radius 3 is 2.81 bits per heavy atom. The van der Waals surface area contributed by atoms with Crippen LogP contribution in [-0.4, -0.2) is 5.54 Å². The van der Waals surface area contributed by atoms with Crippen LogP contribution in [-0.2, 0) is 6.42 Å². The normalized spacial score (nSPS) is 17.2. The third-order valence-corrected chi connectivity index (χ3v) is 3.32. The topological polar surface area (TPSA) is 61.8 Å². The molecule has 1 saturated carbocycles. The predicted molar refractivity (Wildman–Crippen MR) is 66.1 cm³/mol. The van der Waals surface area contributed by atoms with Crippen molar-refractivity contribution in [2.24, 2.45) is 0 Å². The summed E-state index contributed by atoms with van der Waals surface area (Å²) in [7, 11) is 0. The Morgan fingerprint density at radius 2 is 2.25 bits per heavy atom. The molecule has 0 saturated heterocycles. The van der Waals surface area contributed by atoms with Crippen molar-refractivity contribution in [2.75, 3.05) is 11.1 Å². The summed E-state index contributed by atoms with van der Waals surface area (Å²) >= 11 is 0. The molecular weight excluding hydrogens is 198 g/mol. The first kappa shape index (κ1) is 10.8. The lowest BCUT2D eigenvalue weighted by atomic mass is 9.78. The maximum absolute atomic E-state index is 8.70. The molecule has 3 N–H and O–H groups in total. The van der Waals surface area contributed by atoms with Crippen molar-refractivity contribution in [3.63, 3.8) is 0 Å². The van der Waals surface area contributed by atoms with Gasteiger partial charge in [-0.3, -0.25) is 0 Å². The zero-order chi connectivity index (χ0) is 11.6. The van der Waals surface area contributed by atoms with E-state index in [1.54, 1.807) is 0 Å². The van der Waals surface area contributed by atoms with Gasteiger partial charge in [-0.15, -0.1) is 0 Å². The van der Waals surface area contributed by atoms with Crippen molar-refractivity contribution >= 4 is 11.4 Å². The minimum atomic E-state index is 0.236. The van der Waals surface area contributed by atoms with E-state index in [1.165, 1.54) is 19.3 Å². The summed E-state index contributed by atoms with van der Waals surface area (Å²) in [5.74, 6) is 0. The number of nitrogen functional groups attached to an aromatic ring is 1. The molecule has 1 aliphatic rings. The van der Waals surface area contributed by atoms with Gasteiger partial charge in [0.1, 0.15) is 0 Å². The summed E-state index contributed by atoms with van der Waals surface area (Å²) in [6, 6.07) is 7.98. The number of hydrogen-bond acceptors (Lipinski definition) is 3. The Kier molecular flexibility index (Phi) is 2.74. The summed E-state index contributed by atoms with van der Waals surface area (Å²) in [6.45, 7) is 2.23. The van der Waals surface area contributed by atoms with Crippen LogP contribution >= 0.6 is 0 Å². The fourth-order valence-electron chi connectivity index (χ4n) is 2.10. The average molecular weight is 215 g/mol. The molecule has 0 heterocycles. The molecule has 0 aromatic heterocycles. The van der Waals surface area contributed by atoms with Crippen LogP contribution in [0.15, 0.2) is 18.2 Å². The number of nitrogens with one attached hydrogen (secondary N) is 1. The van der Waals surface area contributed by atoms with Crippen LogP contribution in [0.3, 0.4) is 0 Å². The average Bonchev–Trinajstić information content (AvgIpc) is 2.21. The van der Waals surface area contributed by atoms with E-state index in [2.05, 4.69) is 18.3 Å². The van der Waals surface area contributed by atoms with E-state index in [0.29, 0.717) is 12.1 Å². The fourth-order valence-corrected chi connectivity index (χ4v) is 2.10. The smallest absolute Gasteiger partial charge is 0.0670 e. The zero-order valence-electron chi connectivity index (χ0n) is 9.59. The van der Waals surface area contributed by atoms with Gasteiger partial charge in [-0.2, -0.15) is 5.26 Å². The molecule has 84 valence electrons. The fraction of sp³-hybridized carbons (Fsp3) is 0.462. The van der Waals surface area contributed by atoms with Crippen molar-refractivity contribution in [3.8, 4) is 6.07 Å². The molecule has 0 amide bonds. The van der Waals surface area contributed by atoms with Crippen molar-refractivity contribution in [1.29, 1.82) is 5.26 Å². The van der Waals surface area contributed by atoms with Crippen LogP contribution in [0.25, 0.3) is 0 Å². The first-order valence-corrected chi connectivity index (χ1v) is 5.66. The summed E-state index contributed by atoms with van der Waals surface area (Å²) < 4.78 is 0. The molecule has 0 spiro atoms. The van der Waals surface area contributed by atoms with E-state index in [0.717, 1.165) is 11.3 Å². The van der Waals surface area contributed by atoms with Crippen molar-refractivity contribution in [2.45, 2.75) is 38.1 Å². The Balaban J connectivity index is 2.16. The second kappa shape index (κ2) is 4.05. The number of rotatable bonds is 3. The molecule has 0 bridgehead atoms. The summed E-state index contributed by atoms with van der Waals surface area (Å²) in [5.41, 5.74) is 8.73. The SMILES string of the molecule is CC1(Nc2ccc(N)c(CC#N)c2)CCC1. The monoisotopic (exact) mass is 215 g/mol. The van der Waals surface area contributed by atoms with Gasteiger partial charge in [0, 0.05) is 16.9 Å². The number of hydrogen-bond donors (Lipinski definition) is 2. The summed E-state index contributed by atoms with van der Waals surface area (Å²) in [4.78, 5) is 0. The molecule has 1 aromatic rings. The molecule has 1 fully saturated rings. The van der Waals surface area contributed by atoms with Crippen LogP contribution < -0.4 is 11.1 Å². The third kappa shape index (κ3) is 2.11. The van der Waals surface area contributed by atoms with E-state index < -0.39 is 0 Å². The van der Waals surface area contributed by atoms with Gasteiger partial charge in [-0.1, -0.05) is 0 Å². The van der Waals surface area contributed by atoms with Crippen LogP contribution in [0.2, 0.25) is 0 Å². The highest BCUT2D eigenvalue weighted by Gasteiger charge is 2.31. The lowest BCUT2D eigenvalue weighted by molar-refractivity contribution is 0.306. The molecule has 3 heteroatoms. The minimum Gasteiger partial charge on any atom is -0.398 e. The molecule has 1 aromatic carbocycles. The molecule has 0 aliphatic heterocycles. The lowest BCUT2D eigenvalue weighted by Crippen LogP contribution is -2.41. The Bertz CT molecular complexity index is 427. The van der Waals surface area contributed by atoms with Gasteiger partial charge in [0.05, 0.1) is 12.5 Å². The molecule has 0 atom stereocenters. The molecule has 16 heavy (non-hydrogen) atoms. The van der Waals surface area contributed by atoms with E-state index in [1.807, 2.05) is 18.2 Å². The highest BCUT2D eigenvalue weighted by Crippen LogP contribution is 2.35. The number of anilines is 2. The van der Waals surface area contributed by atoms with Gasteiger partial charge in [0.2, 0.25) is 0 Å². The molecular formula is C13H17N3. The molecule has 0 radical (unpaired) electrons. The van der Waals surface area contributed by atoms with Gasteiger partial charge in [-0.25, -0.2) is 0 Å². The van der Waals surface area contributed by atoms with Crippen LogP contribution in [0.1, 0.15) is 31.7 Å². The molecule has 3 nitrogen and oxygen atoms in total. The van der Waals surface area contributed by atoms with Crippen LogP contribution in [0, 0.1) is 11.3 Å². The number of nitrogens with zero attached hydrogens (tertiary/aromatic N) is 1. The quantitative estimate of drug-likeness (QED) is 0.762. The maximum Gasteiger partial charge on any atom is 0.0670 e. The van der Waals surface area contributed by atoms with Gasteiger partial charge in [0.15, 0.2) is 0 Å². The lowest BCUT2D eigenvalue weighted by Gasteiger charge is -2.40. The van der Waals surface area contributed by atoms with Crippen LogP contribution in [0.5, 0.6) is 0 Å². The standard InChI is InChI=1S/C13H17N3/c1-13(6-2-7-13)16-11-3-4-12(15)10(9-11)5-8-14/h3-4,9,16H,2,5-7,15H2,1H3. The third-order valence-electron chi connectivity index (χ3n) is 3.32. The van der Waals surface area contributed by atoms with E-state index in [4.69, 9.17) is 11.0 Å². The van der Waals surface area contributed by atoms with E-state index in [-0.39, 0.29) is 5.54 Å². The Labute approximate surface area is 96.3 Å². The maximum atomic E-state index is 8.70. The van der Waals surface area contributed by atoms with Crippen molar-refractivity contribution in [1.82, 2.24) is 0 Å². The van der Waals surface area contributed by atoms with Crippen LogP contribution in [0.4, 0.5) is 11.4 Å². The second-order valence-electron chi connectivity index (χ2n) is 4.79. The first-order chi connectivity index (χ1) is 7.63. The molecule has 2 rings (SSSR count). The second-order valence-corrected chi connectivity index (χ2v) is 4.79. The Hall–Kier alpha value is -1.69. The number of benzene rings is 1. The predicted octanol–water partition coefficient (Wildman–Crippen LogP) is 2.69.